The van der Waals surface area contributed by atoms with Gasteiger partial charge < -0.3 is 15.5 Å². The number of aromatic nitrogens is 2. The lowest BCUT2D eigenvalue weighted by atomic mass is 10.1. The van der Waals surface area contributed by atoms with Crippen molar-refractivity contribution < 1.29 is 17.9 Å². The van der Waals surface area contributed by atoms with E-state index in [1.54, 1.807) is 12.3 Å². The molecule has 0 saturated heterocycles. The van der Waals surface area contributed by atoms with E-state index in [-0.39, 0.29) is 0 Å². The minimum absolute atomic E-state index is 0.314. The van der Waals surface area contributed by atoms with Gasteiger partial charge in [-0.25, -0.2) is 4.98 Å². The average Bonchev–Trinajstić information content (AvgIpc) is 2.88. The van der Waals surface area contributed by atoms with Gasteiger partial charge in [0.15, 0.2) is 0 Å². The first kappa shape index (κ1) is 15.2. The molecular weight excluding hydrogens is 307 g/mol. The third-order valence-corrected chi connectivity index (χ3v) is 3.45. The highest BCUT2D eigenvalue weighted by Gasteiger charge is 2.29. The number of alkyl halides is 3. The second-order valence-corrected chi connectivity index (χ2v) is 5.08. The Kier molecular flexibility index (Phi) is 3.85. The minimum Gasteiger partial charge on any atom is -0.477 e. The number of hydrogen-bond acceptors (Lipinski definition) is 3. The maximum Gasteiger partial charge on any atom is 0.416 e. The summed E-state index contributed by atoms with van der Waals surface area (Å²) < 4.78 is 43.0. The summed E-state index contributed by atoms with van der Waals surface area (Å²) >= 11 is 0. The van der Waals surface area contributed by atoms with Gasteiger partial charge >= 0.3 is 6.18 Å². The number of nitrogens with one attached hydrogen (secondary N) is 1. The SMILES string of the molecule is Nc1c[nH]c2ccc(OCCc3ccc(C(F)(F)F)cc3)nc12. The van der Waals surface area contributed by atoms with E-state index in [4.69, 9.17) is 10.5 Å². The first-order chi connectivity index (χ1) is 10.9. The van der Waals surface area contributed by atoms with E-state index in [0.29, 0.717) is 30.1 Å². The molecule has 0 aliphatic rings. The molecule has 4 nitrogen and oxygen atoms in total. The first-order valence-corrected chi connectivity index (χ1v) is 6.96. The molecule has 2 heterocycles. The summed E-state index contributed by atoms with van der Waals surface area (Å²) in [6, 6.07) is 8.57. The summed E-state index contributed by atoms with van der Waals surface area (Å²) in [7, 11) is 0. The second-order valence-electron chi connectivity index (χ2n) is 5.08. The summed E-state index contributed by atoms with van der Waals surface area (Å²) in [5.74, 6) is 0.427. The van der Waals surface area contributed by atoms with Crippen molar-refractivity contribution in [2.75, 3.05) is 12.3 Å². The Balaban J connectivity index is 1.61. The van der Waals surface area contributed by atoms with Crippen LogP contribution in [0, 0.1) is 0 Å². The maximum atomic E-state index is 12.5. The van der Waals surface area contributed by atoms with Gasteiger partial charge in [-0.05, 0) is 23.8 Å². The minimum atomic E-state index is -4.31. The Bertz CT molecular complexity index is 810. The maximum absolute atomic E-state index is 12.5. The number of nitrogen functional groups attached to an aromatic ring is 1. The summed E-state index contributed by atoms with van der Waals surface area (Å²) in [6.07, 6.45) is -2.17. The number of rotatable bonds is 4. The van der Waals surface area contributed by atoms with Crippen LogP contribution in [0.5, 0.6) is 5.88 Å². The van der Waals surface area contributed by atoms with Gasteiger partial charge in [-0.15, -0.1) is 0 Å². The normalized spacial score (nSPS) is 11.8. The van der Waals surface area contributed by atoms with Gasteiger partial charge in [0, 0.05) is 18.7 Å². The first-order valence-electron chi connectivity index (χ1n) is 6.96. The standard InChI is InChI=1S/C16H14F3N3O/c17-16(18,19)11-3-1-10(2-4-11)7-8-23-14-6-5-13-15(22-14)12(20)9-21-13/h1-6,9,21H,7-8,20H2. The second kappa shape index (κ2) is 5.83. The third-order valence-electron chi connectivity index (χ3n) is 3.45. The summed E-state index contributed by atoms with van der Waals surface area (Å²) in [5, 5.41) is 0. The predicted molar refractivity (Wildman–Crippen MR) is 81.1 cm³/mol. The number of H-pyrrole nitrogens is 1. The number of anilines is 1. The van der Waals surface area contributed by atoms with Crippen LogP contribution >= 0.6 is 0 Å². The third kappa shape index (κ3) is 3.39. The molecular formula is C16H14F3N3O. The predicted octanol–water partition coefficient (Wildman–Crippen LogP) is 3.79. The molecule has 0 amide bonds. The lowest BCUT2D eigenvalue weighted by Crippen LogP contribution is -2.06. The highest BCUT2D eigenvalue weighted by molar-refractivity contribution is 5.87. The molecule has 0 saturated carbocycles. The Hall–Kier alpha value is -2.70. The summed E-state index contributed by atoms with van der Waals surface area (Å²) in [6.45, 7) is 0.314. The number of pyridine rings is 1. The largest absolute Gasteiger partial charge is 0.477 e. The Morgan fingerprint density at radius 2 is 1.83 bits per heavy atom. The van der Waals surface area contributed by atoms with E-state index in [2.05, 4.69) is 9.97 Å². The fraction of sp³-hybridized carbons (Fsp3) is 0.188. The number of halogens is 3. The van der Waals surface area contributed by atoms with Crippen LogP contribution < -0.4 is 10.5 Å². The highest BCUT2D eigenvalue weighted by atomic mass is 19.4. The van der Waals surface area contributed by atoms with E-state index < -0.39 is 11.7 Å². The van der Waals surface area contributed by atoms with Crippen LogP contribution in [0.25, 0.3) is 11.0 Å². The van der Waals surface area contributed by atoms with Crippen molar-refractivity contribution in [1.29, 1.82) is 0 Å². The van der Waals surface area contributed by atoms with Crippen LogP contribution in [-0.2, 0) is 12.6 Å². The zero-order valence-electron chi connectivity index (χ0n) is 12.0. The van der Waals surface area contributed by atoms with Crippen molar-refractivity contribution in [3.05, 3.63) is 53.7 Å². The van der Waals surface area contributed by atoms with Gasteiger partial charge in [0.1, 0.15) is 5.52 Å². The van der Waals surface area contributed by atoms with Crippen molar-refractivity contribution in [3.63, 3.8) is 0 Å². The Morgan fingerprint density at radius 1 is 1.09 bits per heavy atom. The number of ether oxygens (including phenoxy) is 1. The van der Waals surface area contributed by atoms with Crippen molar-refractivity contribution in [2.45, 2.75) is 12.6 Å². The number of nitrogens with two attached hydrogens (primary N) is 1. The summed E-state index contributed by atoms with van der Waals surface area (Å²) in [4.78, 5) is 7.26. The van der Waals surface area contributed by atoms with Crippen molar-refractivity contribution in [3.8, 4) is 5.88 Å². The molecule has 0 bridgehead atoms. The molecule has 0 radical (unpaired) electrons. The molecule has 0 aliphatic carbocycles. The molecule has 0 aliphatic heterocycles. The molecule has 120 valence electrons. The van der Waals surface area contributed by atoms with Crippen LogP contribution in [0.1, 0.15) is 11.1 Å². The van der Waals surface area contributed by atoms with Gasteiger partial charge in [-0.1, -0.05) is 12.1 Å². The van der Waals surface area contributed by atoms with Crippen molar-refractivity contribution >= 4 is 16.7 Å². The average molecular weight is 321 g/mol. The van der Waals surface area contributed by atoms with Gasteiger partial charge in [0.2, 0.25) is 5.88 Å². The van der Waals surface area contributed by atoms with Gasteiger partial charge in [0.05, 0.1) is 23.4 Å². The Morgan fingerprint density at radius 3 is 2.52 bits per heavy atom. The smallest absolute Gasteiger partial charge is 0.416 e. The van der Waals surface area contributed by atoms with Crippen LogP contribution in [-0.4, -0.2) is 16.6 Å². The van der Waals surface area contributed by atoms with E-state index in [1.165, 1.54) is 12.1 Å². The van der Waals surface area contributed by atoms with Gasteiger partial charge in [-0.3, -0.25) is 0 Å². The van der Waals surface area contributed by atoms with Crippen molar-refractivity contribution in [2.24, 2.45) is 0 Å². The van der Waals surface area contributed by atoms with Crippen LogP contribution in [0.2, 0.25) is 0 Å². The molecule has 0 unspecified atom stereocenters. The fourth-order valence-electron chi connectivity index (χ4n) is 2.22. The lowest BCUT2D eigenvalue weighted by molar-refractivity contribution is -0.137. The van der Waals surface area contributed by atoms with Crippen LogP contribution in [0.4, 0.5) is 18.9 Å². The van der Waals surface area contributed by atoms with Crippen LogP contribution in [0.3, 0.4) is 0 Å². The number of nitrogens with zero attached hydrogens (tertiary/aromatic N) is 1. The van der Waals surface area contributed by atoms with E-state index in [9.17, 15) is 13.2 Å². The molecule has 3 aromatic rings. The van der Waals surface area contributed by atoms with Crippen molar-refractivity contribution in [1.82, 2.24) is 9.97 Å². The van der Waals surface area contributed by atoms with Crippen LogP contribution in [0.15, 0.2) is 42.6 Å². The molecule has 7 heteroatoms. The number of aromatic amines is 1. The molecule has 23 heavy (non-hydrogen) atoms. The number of hydrogen-bond donors (Lipinski definition) is 2. The van der Waals surface area contributed by atoms with Gasteiger partial charge in [-0.2, -0.15) is 13.2 Å². The molecule has 3 rings (SSSR count). The lowest BCUT2D eigenvalue weighted by Gasteiger charge is -2.08. The quantitative estimate of drug-likeness (QED) is 0.768. The molecule has 0 atom stereocenters. The summed E-state index contributed by atoms with van der Waals surface area (Å²) in [5.41, 5.74) is 7.87. The zero-order chi connectivity index (χ0) is 16.4. The number of benzene rings is 1. The highest BCUT2D eigenvalue weighted by Crippen LogP contribution is 2.29. The fourth-order valence-corrected chi connectivity index (χ4v) is 2.22. The van der Waals surface area contributed by atoms with E-state index in [0.717, 1.165) is 23.2 Å². The number of fused-ring (bicyclic) bond motifs is 1. The molecule has 0 spiro atoms. The van der Waals surface area contributed by atoms with E-state index in [1.807, 2.05) is 6.07 Å². The molecule has 3 N–H and O–H groups in total. The van der Waals surface area contributed by atoms with E-state index >= 15 is 0 Å². The molecule has 2 aromatic heterocycles. The zero-order valence-corrected chi connectivity index (χ0v) is 12.0. The Labute approximate surface area is 130 Å². The topological polar surface area (TPSA) is 63.9 Å². The molecule has 1 aromatic carbocycles. The molecule has 0 fully saturated rings. The van der Waals surface area contributed by atoms with Gasteiger partial charge in [0.25, 0.3) is 0 Å². The monoisotopic (exact) mass is 321 g/mol.